The maximum atomic E-state index is 12.8. The molecule has 0 bridgehead atoms. The van der Waals surface area contributed by atoms with Gasteiger partial charge in [0, 0.05) is 23.7 Å². The number of amides is 1. The van der Waals surface area contributed by atoms with Crippen LogP contribution >= 0.6 is 0 Å². The van der Waals surface area contributed by atoms with Crippen molar-refractivity contribution in [2.24, 2.45) is 5.92 Å². The molecule has 3 nitrogen and oxygen atoms in total. The molecule has 4 rings (SSSR count). The fourth-order valence-corrected chi connectivity index (χ4v) is 4.59. The number of rotatable bonds is 3. The van der Waals surface area contributed by atoms with E-state index in [-0.39, 0.29) is 5.91 Å². The summed E-state index contributed by atoms with van der Waals surface area (Å²) in [5.74, 6) is 1.01. The Kier molecular flexibility index (Phi) is 4.42. The monoisotopic (exact) mass is 322 g/mol. The molecule has 2 aliphatic rings. The molecule has 0 spiro atoms. The maximum absolute atomic E-state index is 12.8. The first kappa shape index (κ1) is 15.5. The van der Waals surface area contributed by atoms with Gasteiger partial charge in [-0.15, -0.1) is 0 Å². The number of hydrogen-bond donors (Lipinski definition) is 1. The Labute approximate surface area is 144 Å². The molecule has 2 atom stereocenters. The van der Waals surface area contributed by atoms with Crippen LogP contribution in [0.3, 0.4) is 0 Å². The van der Waals surface area contributed by atoms with Crippen molar-refractivity contribution in [1.82, 2.24) is 4.90 Å². The molecule has 1 saturated carbocycles. The number of likely N-dealkylation sites (tertiary alicyclic amines) is 1. The third-order valence-electron chi connectivity index (χ3n) is 5.78. The summed E-state index contributed by atoms with van der Waals surface area (Å²) in [6.07, 6.45) is 7.61. The van der Waals surface area contributed by atoms with Gasteiger partial charge in [0.15, 0.2) is 0 Å². The minimum Gasteiger partial charge on any atom is -0.376 e. The number of piperidine rings is 1. The summed E-state index contributed by atoms with van der Waals surface area (Å²) in [5.41, 5.74) is 1.05. The summed E-state index contributed by atoms with van der Waals surface area (Å²) in [4.78, 5) is 15.0. The zero-order valence-electron chi connectivity index (χ0n) is 14.2. The van der Waals surface area contributed by atoms with Gasteiger partial charge in [0.25, 0.3) is 0 Å². The number of anilines is 1. The first-order chi connectivity index (χ1) is 11.8. The highest BCUT2D eigenvalue weighted by Gasteiger charge is 2.35. The Balaban J connectivity index is 1.46. The summed E-state index contributed by atoms with van der Waals surface area (Å²) >= 11 is 0. The van der Waals surface area contributed by atoms with Gasteiger partial charge in [-0.25, -0.2) is 0 Å². The molecule has 0 radical (unpaired) electrons. The Morgan fingerprint density at radius 1 is 1.00 bits per heavy atom. The number of benzene rings is 2. The van der Waals surface area contributed by atoms with Crippen LogP contribution in [0.1, 0.15) is 38.5 Å². The van der Waals surface area contributed by atoms with Crippen molar-refractivity contribution >= 4 is 22.4 Å². The lowest BCUT2D eigenvalue weighted by atomic mass is 9.78. The molecule has 1 saturated heterocycles. The van der Waals surface area contributed by atoms with Crippen LogP contribution in [0.2, 0.25) is 0 Å². The Morgan fingerprint density at radius 3 is 2.75 bits per heavy atom. The molecule has 24 heavy (non-hydrogen) atoms. The topological polar surface area (TPSA) is 32.3 Å². The summed E-state index contributed by atoms with van der Waals surface area (Å²) in [6.45, 7) is 1.34. The van der Waals surface area contributed by atoms with Gasteiger partial charge >= 0.3 is 0 Å². The molecule has 1 aliphatic carbocycles. The van der Waals surface area contributed by atoms with E-state index in [9.17, 15) is 4.79 Å². The maximum Gasteiger partial charge on any atom is 0.242 e. The number of carbonyl (C=O) groups is 1. The molecule has 0 unspecified atom stereocenters. The predicted molar refractivity (Wildman–Crippen MR) is 99.1 cm³/mol. The van der Waals surface area contributed by atoms with Crippen LogP contribution < -0.4 is 5.32 Å². The molecule has 2 aromatic carbocycles. The molecule has 3 heteroatoms. The molecule has 2 aromatic rings. The number of hydrogen-bond acceptors (Lipinski definition) is 2. The average molecular weight is 322 g/mol. The third kappa shape index (κ3) is 3.00. The third-order valence-corrected chi connectivity index (χ3v) is 5.78. The summed E-state index contributed by atoms with van der Waals surface area (Å²) in [6, 6.07) is 15.0. The van der Waals surface area contributed by atoms with Gasteiger partial charge in [-0.1, -0.05) is 49.2 Å². The Morgan fingerprint density at radius 2 is 1.79 bits per heavy atom. The van der Waals surface area contributed by atoms with Crippen molar-refractivity contribution in [3.63, 3.8) is 0 Å². The van der Waals surface area contributed by atoms with Gasteiger partial charge in [-0.3, -0.25) is 4.79 Å². The molecule has 0 aromatic heterocycles. The molecule has 1 amide bonds. The minimum atomic E-state index is 0.263. The predicted octanol–water partition coefficient (Wildman–Crippen LogP) is 4.43. The highest BCUT2D eigenvalue weighted by molar-refractivity contribution is 5.95. The fourth-order valence-electron chi connectivity index (χ4n) is 4.59. The van der Waals surface area contributed by atoms with Crippen molar-refractivity contribution in [2.75, 3.05) is 18.4 Å². The molecule has 2 fully saturated rings. The van der Waals surface area contributed by atoms with E-state index in [1.54, 1.807) is 0 Å². The lowest BCUT2D eigenvalue weighted by molar-refractivity contribution is -0.135. The van der Waals surface area contributed by atoms with Gasteiger partial charge in [0.2, 0.25) is 5.91 Å². The second kappa shape index (κ2) is 6.84. The number of nitrogens with zero attached hydrogens (tertiary/aromatic N) is 1. The highest BCUT2D eigenvalue weighted by atomic mass is 16.2. The van der Waals surface area contributed by atoms with Gasteiger partial charge in [-0.05, 0) is 43.1 Å². The lowest BCUT2D eigenvalue weighted by Crippen LogP contribution is -2.51. The average Bonchev–Trinajstić information content (AvgIpc) is 2.65. The second-order valence-corrected chi connectivity index (χ2v) is 7.22. The van der Waals surface area contributed by atoms with Crippen molar-refractivity contribution in [1.29, 1.82) is 0 Å². The first-order valence-electron chi connectivity index (χ1n) is 9.34. The Bertz CT molecular complexity index is 719. The molecule has 126 valence electrons. The van der Waals surface area contributed by atoms with Crippen molar-refractivity contribution in [3.8, 4) is 0 Å². The normalized spacial score (nSPS) is 23.8. The van der Waals surface area contributed by atoms with E-state index in [1.165, 1.54) is 49.3 Å². The van der Waals surface area contributed by atoms with E-state index in [4.69, 9.17) is 0 Å². The van der Waals surface area contributed by atoms with E-state index in [0.717, 1.165) is 18.2 Å². The highest BCUT2D eigenvalue weighted by Crippen LogP contribution is 2.35. The van der Waals surface area contributed by atoms with E-state index < -0.39 is 0 Å². The van der Waals surface area contributed by atoms with Crippen LogP contribution in [0.4, 0.5) is 5.69 Å². The van der Waals surface area contributed by atoms with Crippen LogP contribution in [-0.4, -0.2) is 29.9 Å². The fraction of sp³-hybridized carbons (Fsp3) is 0.476. The SMILES string of the molecule is O=C(CNc1cccc2ccccc12)N1CCC[C@@H]2CCCC[C@H]21. The van der Waals surface area contributed by atoms with Crippen molar-refractivity contribution in [3.05, 3.63) is 42.5 Å². The van der Waals surface area contributed by atoms with Gasteiger partial charge in [0.1, 0.15) is 0 Å². The van der Waals surface area contributed by atoms with Gasteiger partial charge < -0.3 is 10.2 Å². The van der Waals surface area contributed by atoms with Gasteiger partial charge in [-0.2, -0.15) is 0 Å². The van der Waals surface area contributed by atoms with Crippen molar-refractivity contribution in [2.45, 2.75) is 44.6 Å². The second-order valence-electron chi connectivity index (χ2n) is 7.22. The minimum absolute atomic E-state index is 0.263. The van der Waals surface area contributed by atoms with Crippen LogP contribution in [0.25, 0.3) is 10.8 Å². The number of fused-ring (bicyclic) bond motifs is 2. The van der Waals surface area contributed by atoms with Crippen LogP contribution in [-0.2, 0) is 4.79 Å². The van der Waals surface area contributed by atoms with Crippen LogP contribution in [0, 0.1) is 5.92 Å². The van der Waals surface area contributed by atoms with E-state index in [2.05, 4.69) is 34.5 Å². The van der Waals surface area contributed by atoms with Gasteiger partial charge in [0.05, 0.1) is 6.54 Å². The quantitative estimate of drug-likeness (QED) is 0.906. The first-order valence-corrected chi connectivity index (χ1v) is 9.34. The van der Waals surface area contributed by atoms with Crippen LogP contribution in [0.5, 0.6) is 0 Å². The molecule has 1 N–H and O–H groups in total. The standard InChI is InChI=1S/C21H26N2O/c24-21(23-14-6-10-17-8-2-4-13-20(17)23)15-22-19-12-5-9-16-7-1-3-11-18(16)19/h1,3,5,7,9,11-12,17,20,22H,2,4,6,8,10,13-15H2/t17-,20+/m0/s1. The molecule has 1 aliphatic heterocycles. The Hall–Kier alpha value is -2.03. The van der Waals surface area contributed by atoms with E-state index >= 15 is 0 Å². The number of nitrogens with one attached hydrogen (secondary N) is 1. The smallest absolute Gasteiger partial charge is 0.242 e. The lowest BCUT2D eigenvalue weighted by Gasteiger charge is -2.44. The zero-order valence-corrected chi connectivity index (χ0v) is 14.2. The van der Waals surface area contributed by atoms with E-state index in [1.807, 2.05) is 18.2 Å². The van der Waals surface area contributed by atoms with Crippen molar-refractivity contribution < 1.29 is 4.79 Å². The summed E-state index contributed by atoms with van der Waals surface area (Å²) < 4.78 is 0. The zero-order chi connectivity index (χ0) is 16.4. The molecular weight excluding hydrogens is 296 g/mol. The summed E-state index contributed by atoms with van der Waals surface area (Å²) in [5, 5.41) is 5.78. The largest absolute Gasteiger partial charge is 0.376 e. The molecule has 1 heterocycles. The number of carbonyl (C=O) groups excluding carboxylic acids is 1. The van der Waals surface area contributed by atoms with Crippen LogP contribution in [0.15, 0.2) is 42.5 Å². The summed E-state index contributed by atoms with van der Waals surface area (Å²) in [7, 11) is 0. The molecular formula is C21H26N2O. The van der Waals surface area contributed by atoms with E-state index in [0.29, 0.717) is 12.6 Å².